The van der Waals surface area contributed by atoms with Gasteiger partial charge >= 0.3 is 0 Å². The van der Waals surface area contributed by atoms with Crippen molar-refractivity contribution in [2.75, 3.05) is 0 Å². The minimum Gasteiger partial charge on any atom is -0.456 e. The maximum Gasteiger partial charge on any atom is 0.164 e. The van der Waals surface area contributed by atoms with Gasteiger partial charge in [0.15, 0.2) is 17.5 Å². The first-order valence-corrected chi connectivity index (χ1v) is 17.7. The summed E-state index contributed by atoms with van der Waals surface area (Å²) in [6.07, 6.45) is 4.18. The van der Waals surface area contributed by atoms with E-state index < -0.39 is 0 Å². The molecule has 0 saturated carbocycles. The van der Waals surface area contributed by atoms with Gasteiger partial charge in [-0.3, -0.25) is 4.98 Å². The lowest BCUT2D eigenvalue weighted by atomic mass is 9.63. The second-order valence-corrected chi connectivity index (χ2v) is 15.0. The molecule has 1 aliphatic carbocycles. The molecule has 0 aliphatic heterocycles. The Balaban J connectivity index is 1.25. The molecule has 51 heavy (non-hydrogen) atoms. The van der Waals surface area contributed by atoms with Crippen LogP contribution >= 0.6 is 0 Å². The predicted octanol–water partition coefficient (Wildman–Crippen LogP) is 11.8. The van der Waals surface area contributed by atoms with E-state index in [-0.39, 0.29) is 10.8 Å². The normalized spacial score (nSPS) is 14.8. The maximum atomic E-state index is 6.26. The first-order chi connectivity index (χ1) is 24.7. The number of hydrogen-bond donors (Lipinski definition) is 0. The molecule has 0 radical (unpaired) electrons. The first kappa shape index (κ1) is 31.1. The van der Waals surface area contributed by atoms with Gasteiger partial charge in [-0.15, -0.1) is 0 Å². The zero-order valence-electron chi connectivity index (χ0n) is 29.3. The summed E-state index contributed by atoms with van der Waals surface area (Å²) in [6, 6.07) is 44.1. The first-order valence-electron chi connectivity index (χ1n) is 17.7. The molecule has 248 valence electrons. The van der Waals surface area contributed by atoms with Crippen LogP contribution in [0.5, 0.6) is 0 Å². The molecule has 0 amide bonds. The van der Waals surface area contributed by atoms with E-state index in [2.05, 4.69) is 88.4 Å². The van der Waals surface area contributed by atoms with Crippen LogP contribution in [-0.4, -0.2) is 19.9 Å². The second kappa shape index (κ2) is 11.8. The SMILES string of the molecule is CC1(C)CCC(C)(C)c2cc(-c3cc(-c4ccccn4)cc(-c4nc(-c5ccccc5)nc(-c5ccc6c(c5)oc5ccccc56)n4)c3)ccc21. The van der Waals surface area contributed by atoms with Gasteiger partial charge in [0.1, 0.15) is 11.2 Å². The number of pyridine rings is 1. The summed E-state index contributed by atoms with van der Waals surface area (Å²) in [4.78, 5) is 20.0. The van der Waals surface area contributed by atoms with E-state index in [1.165, 1.54) is 23.1 Å². The molecule has 5 aromatic carbocycles. The molecule has 0 bridgehead atoms. The highest BCUT2D eigenvalue weighted by molar-refractivity contribution is 6.05. The molecule has 5 nitrogen and oxygen atoms in total. The van der Waals surface area contributed by atoms with E-state index in [4.69, 9.17) is 24.4 Å². The fourth-order valence-electron chi connectivity index (χ4n) is 7.59. The van der Waals surface area contributed by atoms with Crippen molar-refractivity contribution < 1.29 is 4.42 Å². The number of rotatable bonds is 5. The van der Waals surface area contributed by atoms with Crippen LogP contribution in [0.3, 0.4) is 0 Å². The Labute approximate surface area is 298 Å². The van der Waals surface area contributed by atoms with Crippen LogP contribution in [0.4, 0.5) is 0 Å². The molecule has 5 heteroatoms. The number of nitrogens with zero attached hydrogens (tertiary/aromatic N) is 4. The van der Waals surface area contributed by atoms with E-state index in [0.29, 0.717) is 17.5 Å². The van der Waals surface area contributed by atoms with Crippen LogP contribution in [0.2, 0.25) is 0 Å². The highest BCUT2D eigenvalue weighted by atomic mass is 16.3. The Hall–Kier alpha value is -5.94. The number of hydrogen-bond acceptors (Lipinski definition) is 5. The van der Waals surface area contributed by atoms with Gasteiger partial charge in [-0.05, 0) is 94.5 Å². The van der Waals surface area contributed by atoms with Crippen LogP contribution < -0.4 is 0 Å². The average molecular weight is 663 g/mol. The molecule has 0 fully saturated rings. The van der Waals surface area contributed by atoms with Crippen LogP contribution in [-0.2, 0) is 10.8 Å². The topological polar surface area (TPSA) is 64.7 Å². The van der Waals surface area contributed by atoms with Gasteiger partial charge in [0.05, 0.1) is 5.69 Å². The third-order valence-corrected chi connectivity index (χ3v) is 10.6. The number of para-hydroxylation sites is 1. The van der Waals surface area contributed by atoms with Crippen molar-refractivity contribution >= 4 is 21.9 Å². The van der Waals surface area contributed by atoms with Crippen molar-refractivity contribution in [3.63, 3.8) is 0 Å². The number of furan rings is 1. The van der Waals surface area contributed by atoms with Crippen molar-refractivity contribution in [2.24, 2.45) is 0 Å². The lowest BCUT2D eigenvalue weighted by molar-refractivity contribution is 0.332. The lowest BCUT2D eigenvalue weighted by Gasteiger charge is -2.42. The average Bonchev–Trinajstić information content (AvgIpc) is 3.55. The molecule has 0 N–H and O–H groups in total. The minimum atomic E-state index is 0.0942. The fraction of sp³-hybridized carbons (Fsp3) is 0.174. The van der Waals surface area contributed by atoms with Crippen LogP contribution in [0.15, 0.2) is 138 Å². The second-order valence-electron chi connectivity index (χ2n) is 15.0. The van der Waals surface area contributed by atoms with Crippen LogP contribution in [0, 0.1) is 0 Å². The molecule has 0 spiro atoms. The Morgan fingerprint density at radius 3 is 1.86 bits per heavy atom. The molecule has 3 heterocycles. The third kappa shape index (κ3) is 5.59. The van der Waals surface area contributed by atoms with E-state index in [9.17, 15) is 0 Å². The molecule has 0 saturated heterocycles. The van der Waals surface area contributed by atoms with Crippen molar-refractivity contribution in [1.29, 1.82) is 0 Å². The van der Waals surface area contributed by atoms with Crippen molar-refractivity contribution in [2.45, 2.75) is 51.4 Å². The Kier molecular flexibility index (Phi) is 7.21. The predicted molar refractivity (Wildman–Crippen MR) is 207 cm³/mol. The number of aromatic nitrogens is 4. The van der Waals surface area contributed by atoms with Crippen molar-refractivity contribution in [3.8, 4) is 56.5 Å². The van der Waals surface area contributed by atoms with Gasteiger partial charge in [-0.1, -0.05) is 107 Å². The van der Waals surface area contributed by atoms with Crippen molar-refractivity contribution in [1.82, 2.24) is 19.9 Å². The van der Waals surface area contributed by atoms with Gasteiger partial charge < -0.3 is 4.42 Å². The summed E-state index contributed by atoms with van der Waals surface area (Å²) in [7, 11) is 0. The zero-order valence-corrected chi connectivity index (χ0v) is 29.3. The standard InChI is InChI=1S/C46H38N4O/c1-45(2)21-22-46(3,4)38-27-30(18-20-37(38)45)32-24-33(39-15-10-11-23-47-39)26-34(25-32)44-49-42(29-12-6-5-7-13-29)48-43(50-44)31-17-19-36-35-14-8-9-16-40(35)51-41(36)28-31/h5-20,23-28H,21-22H2,1-4H3. The summed E-state index contributed by atoms with van der Waals surface area (Å²) in [5, 5.41) is 2.16. The van der Waals surface area contributed by atoms with Gasteiger partial charge in [0, 0.05) is 39.2 Å². The molecule has 9 rings (SSSR count). The molecule has 8 aromatic rings. The van der Waals surface area contributed by atoms with E-state index in [0.717, 1.165) is 61.9 Å². The summed E-state index contributed by atoms with van der Waals surface area (Å²) in [5.74, 6) is 1.80. The van der Waals surface area contributed by atoms with Crippen LogP contribution in [0.1, 0.15) is 51.7 Å². The summed E-state index contributed by atoms with van der Waals surface area (Å²) >= 11 is 0. The largest absolute Gasteiger partial charge is 0.456 e. The number of benzene rings is 5. The third-order valence-electron chi connectivity index (χ3n) is 10.6. The Bertz CT molecular complexity index is 2590. The molecular weight excluding hydrogens is 625 g/mol. The number of fused-ring (bicyclic) bond motifs is 4. The summed E-state index contributed by atoms with van der Waals surface area (Å²) in [5.41, 5.74) is 11.6. The summed E-state index contributed by atoms with van der Waals surface area (Å²) < 4.78 is 6.26. The zero-order chi connectivity index (χ0) is 34.7. The lowest BCUT2D eigenvalue weighted by Crippen LogP contribution is -2.33. The smallest absolute Gasteiger partial charge is 0.164 e. The summed E-state index contributed by atoms with van der Waals surface area (Å²) in [6.45, 7) is 9.49. The highest BCUT2D eigenvalue weighted by Gasteiger charge is 2.37. The fourth-order valence-corrected chi connectivity index (χ4v) is 7.59. The quantitative estimate of drug-likeness (QED) is 0.183. The van der Waals surface area contributed by atoms with Gasteiger partial charge in [-0.2, -0.15) is 0 Å². The maximum absolute atomic E-state index is 6.26. The monoisotopic (exact) mass is 662 g/mol. The molecule has 1 aliphatic rings. The minimum absolute atomic E-state index is 0.0942. The molecular formula is C46H38N4O. The molecule has 0 atom stereocenters. The van der Waals surface area contributed by atoms with Crippen molar-refractivity contribution in [3.05, 3.63) is 145 Å². The van der Waals surface area contributed by atoms with E-state index >= 15 is 0 Å². The van der Waals surface area contributed by atoms with E-state index in [1.54, 1.807) is 0 Å². The Morgan fingerprint density at radius 1 is 0.451 bits per heavy atom. The Morgan fingerprint density at radius 2 is 1.08 bits per heavy atom. The highest BCUT2D eigenvalue weighted by Crippen LogP contribution is 2.47. The van der Waals surface area contributed by atoms with E-state index in [1.807, 2.05) is 72.9 Å². The van der Waals surface area contributed by atoms with Gasteiger partial charge in [0.2, 0.25) is 0 Å². The molecule has 0 unspecified atom stereocenters. The van der Waals surface area contributed by atoms with Gasteiger partial charge in [0.25, 0.3) is 0 Å². The van der Waals surface area contributed by atoms with Crippen LogP contribution in [0.25, 0.3) is 78.5 Å². The molecule has 3 aromatic heterocycles. The van der Waals surface area contributed by atoms with Gasteiger partial charge in [-0.25, -0.2) is 15.0 Å².